The second kappa shape index (κ2) is 5.04. The topological polar surface area (TPSA) is 34.1 Å². The molecule has 2 nitrogen and oxygen atoms in total. The Morgan fingerprint density at radius 1 is 1.04 bits per heavy atom. The Kier molecular flexibility index (Phi) is 3.42. The van der Waals surface area contributed by atoms with Crippen molar-refractivity contribution in [1.29, 1.82) is 0 Å². The van der Waals surface area contributed by atoms with E-state index in [2.05, 4.69) is 13.8 Å². The van der Waals surface area contributed by atoms with Gasteiger partial charge < -0.3 is 0 Å². The molecule has 0 unspecified atom stereocenters. The molecule has 0 amide bonds. The molecular weight excluding hydrogens is 284 g/mol. The van der Waals surface area contributed by atoms with E-state index in [1.165, 1.54) is 31.3 Å². The van der Waals surface area contributed by atoms with Gasteiger partial charge in [-0.3, -0.25) is 9.59 Å². The van der Waals surface area contributed by atoms with Crippen LogP contribution in [-0.4, -0.2) is 11.6 Å². The van der Waals surface area contributed by atoms with Crippen molar-refractivity contribution in [3.05, 3.63) is 11.6 Å². The van der Waals surface area contributed by atoms with E-state index in [1.807, 2.05) is 6.08 Å². The number of rotatable bonds is 1. The minimum absolute atomic E-state index is 0.245. The predicted molar refractivity (Wildman–Crippen MR) is 90.9 cm³/mol. The molecule has 0 spiro atoms. The molecule has 0 aromatic heterocycles. The van der Waals surface area contributed by atoms with Crippen LogP contribution in [0.25, 0.3) is 0 Å². The largest absolute Gasteiger partial charge is 0.300 e. The first kappa shape index (κ1) is 15.6. The SMILES string of the molecule is CC(=O)[C@H]1CC[C@H]2[C@H]3CCC4=CC(=O)CC[C@@]4(C)[C@@H]3CC[C@]12C. The third-order valence-corrected chi connectivity index (χ3v) is 8.45. The summed E-state index contributed by atoms with van der Waals surface area (Å²) in [4.78, 5) is 24.0. The van der Waals surface area contributed by atoms with Crippen molar-refractivity contribution in [3.8, 4) is 0 Å². The van der Waals surface area contributed by atoms with Crippen LogP contribution in [0.4, 0.5) is 0 Å². The van der Waals surface area contributed by atoms with Crippen molar-refractivity contribution in [3.63, 3.8) is 0 Å². The van der Waals surface area contributed by atoms with Gasteiger partial charge in [-0.05, 0) is 86.5 Å². The highest BCUT2D eigenvalue weighted by Crippen LogP contribution is 2.66. The molecular formula is C21H30O2. The lowest BCUT2D eigenvalue weighted by Gasteiger charge is -2.58. The van der Waals surface area contributed by atoms with Gasteiger partial charge >= 0.3 is 0 Å². The fourth-order valence-corrected chi connectivity index (χ4v) is 7.23. The van der Waals surface area contributed by atoms with Gasteiger partial charge in [0.1, 0.15) is 5.78 Å². The zero-order valence-corrected chi connectivity index (χ0v) is 14.9. The summed E-state index contributed by atoms with van der Waals surface area (Å²) in [6, 6.07) is 0. The van der Waals surface area contributed by atoms with E-state index < -0.39 is 0 Å². The molecule has 3 fully saturated rings. The number of allylic oxidation sites excluding steroid dienone is 1. The van der Waals surface area contributed by atoms with Gasteiger partial charge in [0.05, 0.1) is 0 Å². The van der Waals surface area contributed by atoms with Crippen molar-refractivity contribution in [2.24, 2.45) is 34.5 Å². The van der Waals surface area contributed by atoms with Gasteiger partial charge in [0, 0.05) is 12.3 Å². The van der Waals surface area contributed by atoms with E-state index >= 15 is 0 Å². The Balaban J connectivity index is 1.67. The molecule has 0 aliphatic heterocycles. The first-order valence-corrected chi connectivity index (χ1v) is 9.60. The van der Waals surface area contributed by atoms with Crippen LogP contribution < -0.4 is 0 Å². The van der Waals surface area contributed by atoms with E-state index in [0.29, 0.717) is 17.5 Å². The third kappa shape index (κ3) is 2.06. The maximum atomic E-state index is 12.1. The summed E-state index contributed by atoms with van der Waals surface area (Å²) in [7, 11) is 0. The fraction of sp³-hybridized carbons (Fsp3) is 0.810. The molecule has 6 atom stereocenters. The summed E-state index contributed by atoms with van der Waals surface area (Å²) in [6.07, 6.45) is 10.9. The van der Waals surface area contributed by atoms with Crippen molar-refractivity contribution < 1.29 is 9.59 Å². The molecule has 23 heavy (non-hydrogen) atoms. The van der Waals surface area contributed by atoms with E-state index in [9.17, 15) is 9.59 Å². The summed E-state index contributed by atoms with van der Waals surface area (Å²) in [5, 5.41) is 0. The van der Waals surface area contributed by atoms with Gasteiger partial charge in [-0.15, -0.1) is 0 Å². The zero-order chi connectivity index (χ0) is 16.4. The molecule has 0 N–H and O–H groups in total. The normalized spacial score (nSPS) is 49.0. The molecule has 0 heterocycles. The van der Waals surface area contributed by atoms with Crippen LogP contribution in [0, 0.1) is 34.5 Å². The molecule has 126 valence electrons. The van der Waals surface area contributed by atoms with Crippen molar-refractivity contribution in [2.75, 3.05) is 0 Å². The lowest BCUT2D eigenvalue weighted by molar-refractivity contribution is -0.128. The van der Waals surface area contributed by atoms with Crippen LogP contribution in [0.15, 0.2) is 11.6 Å². The van der Waals surface area contributed by atoms with Gasteiger partial charge in [-0.2, -0.15) is 0 Å². The maximum absolute atomic E-state index is 12.1. The molecule has 0 bridgehead atoms. The average molecular weight is 314 g/mol. The minimum Gasteiger partial charge on any atom is -0.300 e. The van der Waals surface area contributed by atoms with Crippen LogP contribution >= 0.6 is 0 Å². The number of carbonyl (C=O) groups excluding carboxylic acids is 2. The van der Waals surface area contributed by atoms with Crippen LogP contribution in [0.2, 0.25) is 0 Å². The first-order chi connectivity index (χ1) is 10.9. The number of ketones is 2. The quantitative estimate of drug-likeness (QED) is 0.701. The van der Waals surface area contributed by atoms with Crippen LogP contribution in [0.1, 0.15) is 72.1 Å². The van der Waals surface area contributed by atoms with Crippen LogP contribution in [0.5, 0.6) is 0 Å². The Labute approximate surface area is 140 Å². The van der Waals surface area contributed by atoms with Crippen LogP contribution in [-0.2, 0) is 9.59 Å². The Morgan fingerprint density at radius 2 is 1.83 bits per heavy atom. The van der Waals surface area contributed by atoms with Gasteiger partial charge in [-0.1, -0.05) is 19.4 Å². The molecule has 0 saturated heterocycles. The van der Waals surface area contributed by atoms with Gasteiger partial charge in [-0.25, -0.2) is 0 Å². The van der Waals surface area contributed by atoms with Gasteiger partial charge in [0.15, 0.2) is 5.78 Å². The lowest BCUT2D eigenvalue weighted by atomic mass is 9.47. The molecule has 0 aromatic rings. The van der Waals surface area contributed by atoms with Gasteiger partial charge in [0.25, 0.3) is 0 Å². The second-order valence-corrected chi connectivity index (χ2v) is 9.25. The van der Waals surface area contributed by atoms with Gasteiger partial charge in [0.2, 0.25) is 0 Å². The smallest absolute Gasteiger partial charge is 0.155 e. The van der Waals surface area contributed by atoms with Crippen molar-refractivity contribution >= 4 is 11.6 Å². The number of carbonyl (C=O) groups is 2. The van der Waals surface area contributed by atoms with E-state index in [0.717, 1.165) is 43.4 Å². The second-order valence-electron chi connectivity index (χ2n) is 9.25. The maximum Gasteiger partial charge on any atom is 0.155 e. The lowest BCUT2D eigenvalue weighted by Crippen LogP contribution is -2.51. The molecule has 4 aliphatic carbocycles. The van der Waals surface area contributed by atoms with Crippen LogP contribution in [0.3, 0.4) is 0 Å². The highest BCUT2D eigenvalue weighted by molar-refractivity contribution is 5.91. The summed E-state index contributed by atoms with van der Waals surface area (Å²) < 4.78 is 0. The molecule has 2 heteroatoms. The Bertz CT molecular complexity index is 589. The number of hydrogen-bond donors (Lipinski definition) is 0. The summed E-state index contributed by atoms with van der Waals surface area (Å²) in [6.45, 7) is 6.65. The third-order valence-electron chi connectivity index (χ3n) is 8.45. The molecule has 0 aromatic carbocycles. The monoisotopic (exact) mass is 314 g/mol. The summed E-state index contributed by atoms with van der Waals surface area (Å²) in [5.74, 6) is 3.29. The highest BCUT2D eigenvalue weighted by Gasteiger charge is 2.59. The standard InChI is InChI=1S/C21H30O2/c1-13(22)17-6-7-18-16-5-4-14-12-15(23)8-10-20(14,2)19(16)9-11-21(17,18)3/h12,16-19H,4-11H2,1-3H3/t16-,17-,18+,19-,20-,21-/m1/s1. The van der Waals surface area contributed by atoms with E-state index in [1.54, 1.807) is 6.92 Å². The van der Waals surface area contributed by atoms with E-state index in [-0.39, 0.29) is 10.8 Å². The molecule has 4 rings (SSSR count). The zero-order valence-electron chi connectivity index (χ0n) is 14.9. The average Bonchev–Trinajstić information content (AvgIpc) is 2.85. The van der Waals surface area contributed by atoms with Crippen molar-refractivity contribution in [1.82, 2.24) is 0 Å². The molecule has 3 saturated carbocycles. The highest BCUT2D eigenvalue weighted by atomic mass is 16.1. The molecule has 4 aliphatic rings. The summed E-state index contributed by atoms with van der Waals surface area (Å²) in [5.41, 5.74) is 1.95. The van der Waals surface area contributed by atoms with Crippen molar-refractivity contribution in [2.45, 2.75) is 72.1 Å². The minimum atomic E-state index is 0.245. The number of fused-ring (bicyclic) bond motifs is 5. The first-order valence-electron chi connectivity index (χ1n) is 9.60. The fourth-order valence-electron chi connectivity index (χ4n) is 7.23. The Hall–Kier alpha value is -0.920. The van der Waals surface area contributed by atoms with E-state index in [4.69, 9.17) is 0 Å². The predicted octanol–water partition coefficient (Wildman–Crippen LogP) is 4.72. The Morgan fingerprint density at radius 3 is 2.57 bits per heavy atom. The summed E-state index contributed by atoms with van der Waals surface area (Å²) >= 11 is 0. The number of hydrogen-bond acceptors (Lipinski definition) is 2. The molecule has 0 radical (unpaired) electrons. The number of Topliss-reactive ketones (excluding diaryl/α,β-unsaturated/α-hetero) is 1.